The zero-order chi connectivity index (χ0) is 22.0. The molecule has 0 saturated heterocycles. The van der Waals surface area contributed by atoms with Crippen molar-refractivity contribution in [2.75, 3.05) is 11.9 Å². The second-order valence-electron chi connectivity index (χ2n) is 10.5. The molecule has 6 nitrogen and oxygen atoms in total. The fourth-order valence-electron chi connectivity index (χ4n) is 6.34. The van der Waals surface area contributed by atoms with Crippen molar-refractivity contribution in [3.63, 3.8) is 0 Å². The van der Waals surface area contributed by atoms with Gasteiger partial charge in [-0.15, -0.1) is 0 Å². The maximum absolute atomic E-state index is 13.0. The molecular weight excluding hydrogens is 390 g/mol. The van der Waals surface area contributed by atoms with Crippen LogP contribution >= 0.6 is 0 Å². The number of amides is 3. The van der Waals surface area contributed by atoms with Crippen LogP contribution in [0.3, 0.4) is 0 Å². The van der Waals surface area contributed by atoms with E-state index in [-0.39, 0.29) is 29.7 Å². The molecule has 0 radical (unpaired) electrons. The Morgan fingerprint density at radius 2 is 1.61 bits per heavy atom. The van der Waals surface area contributed by atoms with E-state index in [1.165, 1.54) is 19.3 Å². The van der Waals surface area contributed by atoms with E-state index >= 15 is 0 Å². The summed E-state index contributed by atoms with van der Waals surface area (Å²) in [6.07, 6.45) is 7.37. The number of hydrogen-bond acceptors (Lipinski definition) is 3. The predicted molar refractivity (Wildman–Crippen MR) is 120 cm³/mol. The number of nitrogens with one attached hydrogen (secondary N) is 3. The van der Waals surface area contributed by atoms with E-state index in [2.05, 4.69) is 16.0 Å². The van der Waals surface area contributed by atoms with E-state index in [1.54, 1.807) is 0 Å². The zero-order valence-electron chi connectivity index (χ0n) is 18.7. The van der Waals surface area contributed by atoms with E-state index in [4.69, 9.17) is 0 Å². The van der Waals surface area contributed by atoms with Gasteiger partial charge in [0.05, 0.1) is 6.54 Å². The second-order valence-corrected chi connectivity index (χ2v) is 10.5. The molecule has 4 saturated carbocycles. The van der Waals surface area contributed by atoms with Crippen LogP contribution in [0.25, 0.3) is 0 Å². The fourth-order valence-corrected chi connectivity index (χ4v) is 6.34. The number of carbonyl (C=O) groups is 3. The highest BCUT2D eigenvalue weighted by molar-refractivity contribution is 5.91. The molecule has 4 fully saturated rings. The summed E-state index contributed by atoms with van der Waals surface area (Å²) in [5.74, 6) is 2.31. The van der Waals surface area contributed by atoms with Gasteiger partial charge in [0.25, 0.3) is 0 Å². The summed E-state index contributed by atoms with van der Waals surface area (Å²) in [5, 5.41) is 8.69. The first kappa shape index (κ1) is 21.8. The first-order chi connectivity index (χ1) is 14.8. The molecule has 0 atom stereocenters. The largest absolute Gasteiger partial charge is 0.350 e. The van der Waals surface area contributed by atoms with Gasteiger partial charge in [0.1, 0.15) is 0 Å². The maximum Gasteiger partial charge on any atom is 0.239 e. The SMILES string of the molecule is CC(C)CC(=O)Nc1cccc(CNC(=O)CNC(=O)C23CC4CC(CC(C4)C2)C3)c1. The summed E-state index contributed by atoms with van der Waals surface area (Å²) < 4.78 is 0. The first-order valence-corrected chi connectivity index (χ1v) is 11.7. The minimum absolute atomic E-state index is 0.0106. The molecule has 0 heterocycles. The standard InChI is InChI=1S/C25H35N3O3/c1-16(2)6-22(29)28-21-5-3-4-17(10-21)14-26-23(30)15-27-24(31)25-11-18-7-19(12-25)9-20(8-18)13-25/h3-5,10,16,18-20H,6-9,11-15H2,1-2H3,(H,26,30)(H,27,31)(H,28,29). The summed E-state index contributed by atoms with van der Waals surface area (Å²) in [6.45, 7) is 4.40. The van der Waals surface area contributed by atoms with Crippen molar-refractivity contribution in [3.05, 3.63) is 29.8 Å². The molecule has 4 aliphatic rings. The van der Waals surface area contributed by atoms with Gasteiger partial charge in [-0.2, -0.15) is 0 Å². The molecule has 4 aliphatic carbocycles. The molecule has 0 aliphatic heterocycles. The third kappa shape index (κ3) is 5.28. The van der Waals surface area contributed by atoms with Crippen LogP contribution in [-0.4, -0.2) is 24.3 Å². The summed E-state index contributed by atoms with van der Waals surface area (Å²) in [6, 6.07) is 7.48. The molecule has 1 aromatic rings. The van der Waals surface area contributed by atoms with Gasteiger partial charge in [-0.25, -0.2) is 0 Å². The van der Waals surface area contributed by atoms with Gasteiger partial charge in [0.15, 0.2) is 0 Å². The predicted octanol–water partition coefficient (Wildman–Crippen LogP) is 3.62. The van der Waals surface area contributed by atoms with Gasteiger partial charge in [0, 0.05) is 24.1 Å². The van der Waals surface area contributed by atoms with Crippen LogP contribution < -0.4 is 16.0 Å². The van der Waals surface area contributed by atoms with E-state index in [9.17, 15) is 14.4 Å². The maximum atomic E-state index is 13.0. The molecular formula is C25H35N3O3. The highest BCUT2D eigenvalue weighted by atomic mass is 16.2. The second kappa shape index (κ2) is 9.01. The number of rotatable bonds is 8. The Kier molecular flexibility index (Phi) is 6.35. The van der Waals surface area contributed by atoms with Gasteiger partial charge < -0.3 is 16.0 Å². The lowest BCUT2D eigenvalue weighted by molar-refractivity contribution is -0.147. The molecule has 0 aromatic heterocycles. The fraction of sp³-hybridized carbons (Fsp3) is 0.640. The number of hydrogen-bond donors (Lipinski definition) is 3. The van der Waals surface area contributed by atoms with Gasteiger partial charge in [-0.05, 0) is 79.9 Å². The molecule has 3 amide bonds. The van der Waals surface area contributed by atoms with Crippen molar-refractivity contribution in [3.8, 4) is 0 Å². The number of carbonyl (C=O) groups excluding carboxylic acids is 3. The minimum Gasteiger partial charge on any atom is -0.350 e. The Balaban J connectivity index is 1.23. The molecule has 0 spiro atoms. The highest BCUT2D eigenvalue weighted by Crippen LogP contribution is 2.60. The Hall–Kier alpha value is -2.37. The van der Waals surface area contributed by atoms with Crippen molar-refractivity contribution in [2.24, 2.45) is 29.1 Å². The van der Waals surface area contributed by atoms with Gasteiger partial charge in [-0.1, -0.05) is 26.0 Å². The average molecular weight is 426 g/mol. The summed E-state index contributed by atoms with van der Waals surface area (Å²) in [4.78, 5) is 37.3. The van der Waals surface area contributed by atoms with Crippen LogP contribution in [0.1, 0.15) is 64.4 Å². The quantitative estimate of drug-likeness (QED) is 0.594. The molecule has 31 heavy (non-hydrogen) atoms. The molecule has 4 bridgehead atoms. The van der Waals surface area contributed by atoms with Gasteiger partial charge in [-0.3, -0.25) is 14.4 Å². The highest BCUT2D eigenvalue weighted by Gasteiger charge is 2.54. The van der Waals surface area contributed by atoms with E-state index in [1.807, 2.05) is 38.1 Å². The Bertz CT molecular complexity index is 813. The van der Waals surface area contributed by atoms with Crippen LogP contribution in [0.15, 0.2) is 24.3 Å². The molecule has 168 valence electrons. The van der Waals surface area contributed by atoms with Crippen molar-refractivity contribution < 1.29 is 14.4 Å². The minimum atomic E-state index is -0.225. The van der Waals surface area contributed by atoms with Crippen LogP contribution in [0.4, 0.5) is 5.69 Å². The lowest BCUT2D eigenvalue weighted by Gasteiger charge is -2.55. The lowest BCUT2D eigenvalue weighted by atomic mass is 9.49. The van der Waals surface area contributed by atoms with Crippen molar-refractivity contribution in [2.45, 2.75) is 65.3 Å². The van der Waals surface area contributed by atoms with Crippen LogP contribution in [-0.2, 0) is 20.9 Å². The van der Waals surface area contributed by atoms with E-state index in [0.717, 1.165) is 30.5 Å². The summed E-state index contributed by atoms with van der Waals surface area (Å²) in [7, 11) is 0. The third-order valence-corrected chi connectivity index (χ3v) is 7.22. The Labute approximate surface area is 184 Å². The smallest absolute Gasteiger partial charge is 0.239 e. The van der Waals surface area contributed by atoms with E-state index in [0.29, 0.717) is 36.6 Å². The molecule has 0 unspecified atom stereocenters. The van der Waals surface area contributed by atoms with Crippen molar-refractivity contribution in [1.82, 2.24) is 10.6 Å². The normalized spacial score (nSPS) is 28.4. The lowest BCUT2D eigenvalue weighted by Crippen LogP contribution is -2.54. The van der Waals surface area contributed by atoms with Crippen molar-refractivity contribution >= 4 is 23.4 Å². The molecule has 1 aromatic carbocycles. The average Bonchev–Trinajstić information content (AvgIpc) is 2.69. The van der Waals surface area contributed by atoms with Crippen LogP contribution in [0, 0.1) is 29.1 Å². The molecule has 6 heteroatoms. The summed E-state index contributed by atoms with van der Waals surface area (Å²) in [5.41, 5.74) is 1.41. The Morgan fingerprint density at radius 3 is 2.23 bits per heavy atom. The number of benzene rings is 1. The van der Waals surface area contributed by atoms with Gasteiger partial charge >= 0.3 is 0 Å². The Morgan fingerprint density at radius 1 is 0.968 bits per heavy atom. The van der Waals surface area contributed by atoms with E-state index < -0.39 is 0 Å². The van der Waals surface area contributed by atoms with Crippen molar-refractivity contribution in [1.29, 1.82) is 0 Å². The number of anilines is 1. The summed E-state index contributed by atoms with van der Waals surface area (Å²) >= 11 is 0. The van der Waals surface area contributed by atoms with Crippen LogP contribution in [0.2, 0.25) is 0 Å². The molecule has 3 N–H and O–H groups in total. The first-order valence-electron chi connectivity index (χ1n) is 11.7. The zero-order valence-corrected chi connectivity index (χ0v) is 18.7. The van der Waals surface area contributed by atoms with Gasteiger partial charge in [0.2, 0.25) is 17.7 Å². The monoisotopic (exact) mass is 425 g/mol. The third-order valence-electron chi connectivity index (χ3n) is 7.22. The van der Waals surface area contributed by atoms with Crippen LogP contribution in [0.5, 0.6) is 0 Å². The molecule has 5 rings (SSSR count). The topological polar surface area (TPSA) is 87.3 Å².